The normalized spacial score (nSPS) is 13.4. The molecule has 0 fully saturated rings. The first-order chi connectivity index (χ1) is 8.45. The Balaban J connectivity index is 3.06. The number of nitrogens with one attached hydrogen (secondary N) is 1. The van der Waals surface area contributed by atoms with Crippen molar-refractivity contribution < 1.29 is 9.13 Å². The van der Waals surface area contributed by atoms with Crippen molar-refractivity contribution in [3.63, 3.8) is 0 Å². The summed E-state index contributed by atoms with van der Waals surface area (Å²) in [6.07, 6.45) is 1.57. The highest BCUT2D eigenvalue weighted by Crippen LogP contribution is 2.28. The van der Waals surface area contributed by atoms with Gasteiger partial charge in [0.25, 0.3) is 0 Å². The van der Waals surface area contributed by atoms with Crippen molar-refractivity contribution in [2.24, 2.45) is 0 Å². The zero-order chi connectivity index (χ0) is 13.7. The molecule has 0 aliphatic rings. The fourth-order valence-electron chi connectivity index (χ4n) is 1.61. The van der Waals surface area contributed by atoms with Crippen LogP contribution in [-0.4, -0.2) is 27.2 Å². The molecule has 1 aromatic rings. The lowest BCUT2D eigenvalue weighted by Crippen LogP contribution is -2.22. The maximum atomic E-state index is 11.1. The minimum atomic E-state index is -0.991. The molecule has 1 aromatic carbocycles. The molecule has 2 unspecified atom stereocenters. The van der Waals surface area contributed by atoms with Crippen molar-refractivity contribution in [1.29, 1.82) is 5.26 Å². The van der Waals surface area contributed by atoms with Gasteiger partial charge in [0, 0.05) is 28.9 Å². The van der Waals surface area contributed by atoms with Crippen molar-refractivity contribution in [3.05, 3.63) is 33.9 Å². The van der Waals surface area contributed by atoms with Crippen LogP contribution in [0.3, 0.4) is 0 Å². The molecule has 0 heterocycles. The van der Waals surface area contributed by atoms with E-state index in [1.54, 1.807) is 25.3 Å². The van der Waals surface area contributed by atoms with Gasteiger partial charge in [-0.25, -0.2) is 0 Å². The van der Waals surface area contributed by atoms with Crippen molar-refractivity contribution >= 4 is 22.2 Å². The zero-order valence-electron chi connectivity index (χ0n) is 10.0. The topological polar surface area (TPSA) is 96.0 Å². The molecule has 18 heavy (non-hydrogen) atoms. The van der Waals surface area contributed by atoms with Crippen LogP contribution < -0.4 is 5.32 Å². The number of nitro groups is 1. The van der Waals surface area contributed by atoms with Gasteiger partial charge < -0.3 is 5.32 Å². The number of nitrogens with zero attached hydrogens (tertiary/aromatic N) is 2. The largest absolute Gasteiger partial charge is 0.376 e. The van der Waals surface area contributed by atoms with Gasteiger partial charge in [-0.2, -0.15) is 5.26 Å². The van der Waals surface area contributed by atoms with E-state index >= 15 is 0 Å². The van der Waals surface area contributed by atoms with Gasteiger partial charge in [-0.15, -0.1) is 0 Å². The third-order valence-corrected chi connectivity index (χ3v) is 3.20. The Bertz CT molecular complexity index is 525. The number of anilines is 1. The Hall–Kier alpha value is -1.94. The summed E-state index contributed by atoms with van der Waals surface area (Å²) in [6, 6.07) is 6.12. The SMILES string of the molecule is CC(CS(C)=O)Nc1cccc(C#N)c1[N+](=O)[O-]. The monoisotopic (exact) mass is 267 g/mol. The fourth-order valence-corrected chi connectivity index (χ4v) is 2.39. The standard InChI is InChI=1S/C11H13N3O3S/c1-8(7-18(2)17)13-10-5-3-4-9(6-12)11(10)14(15)16/h3-5,8,13H,7H2,1-2H3. The smallest absolute Gasteiger partial charge is 0.309 e. The zero-order valence-corrected chi connectivity index (χ0v) is 10.9. The molecule has 7 heteroatoms. The molecule has 0 saturated heterocycles. The van der Waals surface area contributed by atoms with Crippen LogP contribution in [0.25, 0.3) is 0 Å². The van der Waals surface area contributed by atoms with Gasteiger partial charge in [-0.1, -0.05) is 6.07 Å². The predicted octanol–water partition coefficient (Wildman–Crippen LogP) is 1.65. The highest BCUT2D eigenvalue weighted by Gasteiger charge is 2.20. The molecule has 0 saturated carbocycles. The third kappa shape index (κ3) is 3.53. The lowest BCUT2D eigenvalue weighted by Gasteiger charge is -2.14. The van der Waals surface area contributed by atoms with Gasteiger partial charge >= 0.3 is 5.69 Å². The minimum Gasteiger partial charge on any atom is -0.376 e. The third-order valence-electron chi connectivity index (χ3n) is 2.23. The first kappa shape index (κ1) is 14.1. The Morgan fingerprint density at radius 3 is 2.78 bits per heavy atom. The summed E-state index contributed by atoms with van der Waals surface area (Å²) in [5, 5.41) is 22.7. The van der Waals surface area contributed by atoms with Crippen molar-refractivity contribution in [1.82, 2.24) is 0 Å². The molecule has 1 N–H and O–H groups in total. The molecule has 0 amide bonds. The minimum absolute atomic E-state index is 0.00909. The van der Waals surface area contributed by atoms with Crippen LogP contribution in [0.5, 0.6) is 0 Å². The average molecular weight is 267 g/mol. The second-order valence-electron chi connectivity index (χ2n) is 3.86. The summed E-state index contributed by atoms with van der Waals surface area (Å²) < 4.78 is 11.1. The van der Waals surface area contributed by atoms with Crippen LogP contribution >= 0.6 is 0 Å². The molecule has 0 spiro atoms. The van der Waals surface area contributed by atoms with Crippen molar-refractivity contribution in [2.75, 3.05) is 17.3 Å². The molecule has 1 rings (SSSR count). The van der Waals surface area contributed by atoms with Crippen molar-refractivity contribution in [3.8, 4) is 6.07 Å². The van der Waals surface area contributed by atoms with Gasteiger partial charge in [0.05, 0.1) is 4.92 Å². The molecular formula is C11H13N3O3S. The van der Waals surface area contributed by atoms with Crippen LogP contribution in [0.2, 0.25) is 0 Å². The molecule has 0 aliphatic heterocycles. The number of benzene rings is 1. The number of nitro benzene ring substituents is 1. The molecule has 6 nitrogen and oxygen atoms in total. The van der Waals surface area contributed by atoms with E-state index in [2.05, 4.69) is 5.32 Å². The van der Waals surface area contributed by atoms with E-state index in [1.165, 1.54) is 12.1 Å². The van der Waals surface area contributed by atoms with E-state index in [0.717, 1.165) is 0 Å². The van der Waals surface area contributed by atoms with Gasteiger partial charge in [-0.05, 0) is 19.1 Å². The van der Waals surface area contributed by atoms with E-state index in [1.807, 2.05) is 0 Å². The Labute approximate surface area is 107 Å². The Morgan fingerprint density at radius 1 is 1.61 bits per heavy atom. The van der Waals surface area contributed by atoms with Gasteiger partial charge in [0.1, 0.15) is 17.3 Å². The number of nitriles is 1. The summed E-state index contributed by atoms with van der Waals surface area (Å²) in [7, 11) is -0.991. The van der Waals surface area contributed by atoms with Crippen LogP contribution in [0.15, 0.2) is 18.2 Å². The van der Waals surface area contributed by atoms with E-state index in [4.69, 9.17) is 5.26 Å². The summed E-state index contributed by atoms with van der Waals surface area (Å²) in [5.41, 5.74) is 0.0422. The van der Waals surface area contributed by atoms with Gasteiger partial charge in [-0.3, -0.25) is 14.3 Å². The van der Waals surface area contributed by atoms with Crippen molar-refractivity contribution in [2.45, 2.75) is 13.0 Å². The van der Waals surface area contributed by atoms with E-state index in [0.29, 0.717) is 5.75 Å². The van der Waals surface area contributed by atoms with E-state index in [-0.39, 0.29) is 23.0 Å². The van der Waals surface area contributed by atoms with Gasteiger partial charge in [0.2, 0.25) is 0 Å². The highest BCUT2D eigenvalue weighted by atomic mass is 32.2. The second-order valence-corrected chi connectivity index (χ2v) is 5.34. The predicted molar refractivity (Wildman–Crippen MR) is 69.8 cm³/mol. The van der Waals surface area contributed by atoms with Gasteiger partial charge in [0.15, 0.2) is 0 Å². The van der Waals surface area contributed by atoms with Crippen LogP contribution in [0, 0.1) is 21.4 Å². The average Bonchev–Trinajstić information content (AvgIpc) is 2.26. The maximum Gasteiger partial charge on any atom is 0.309 e. The highest BCUT2D eigenvalue weighted by molar-refractivity contribution is 7.84. The molecular weight excluding hydrogens is 254 g/mol. The Morgan fingerprint density at radius 2 is 2.28 bits per heavy atom. The van der Waals surface area contributed by atoms with Crippen LogP contribution in [0.4, 0.5) is 11.4 Å². The molecule has 0 aliphatic carbocycles. The number of hydrogen-bond donors (Lipinski definition) is 1. The van der Waals surface area contributed by atoms with E-state index < -0.39 is 15.7 Å². The lowest BCUT2D eigenvalue weighted by molar-refractivity contribution is -0.384. The molecule has 96 valence electrons. The fraction of sp³-hybridized carbons (Fsp3) is 0.364. The van der Waals surface area contributed by atoms with Crippen LogP contribution in [0.1, 0.15) is 12.5 Å². The molecule has 2 atom stereocenters. The second kappa shape index (κ2) is 6.12. The number of hydrogen-bond acceptors (Lipinski definition) is 5. The summed E-state index contributed by atoms with van der Waals surface area (Å²) in [5.74, 6) is 0.383. The summed E-state index contributed by atoms with van der Waals surface area (Å²) >= 11 is 0. The quantitative estimate of drug-likeness (QED) is 0.646. The number of rotatable bonds is 5. The molecule has 0 aromatic heterocycles. The lowest BCUT2D eigenvalue weighted by atomic mass is 10.1. The van der Waals surface area contributed by atoms with E-state index in [9.17, 15) is 14.3 Å². The summed E-state index contributed by atoms with van der Waals surface area (Å²) in [4.78, 5) is 10.4. The Kier molecular flexibility index (Phi) is 4.80. The number of para-hydroxylation sites is 1. The maximum absolute atomic E-state index is 11.1. The summed E-state index contributed by atoms with van der Waals surface area (Å²) in [6.45, 7) is 1.78. The first-order valence-corrected chi connectivity index (χ1v) is 6.92. The molecule has 0 radical (unpaired) electrons. The first-order valence-electron chi connectivity index (χ1n) is 5.19. The van der Waals surface area contributed by atoms with Crippen LogP contribution in [-0.2, 0) is 10.8 Å². The molecule has 0 bridgehead atoms.